The van der Waals surface area contributed by atoms with Crippen LogP contribution in [-0.4, -0.2) is 24.5 Å². The number of thioether (sulfide) groups is 1. The van der Waals surface area contributed by atoms with Gasteiger partial charge in [0.05, 0.1) is 6.10 Å². The Morgan fingerprint density at radius 1 is 1.32 bits per heavy atom. The molecule has 2 heterocycles. The van der Waals surface area contributed by atoms with Gasteiger partial charge in [-0.25, -0.2) is 0 Å². The Labute approximate surface area is 120 Å². The fraction of sp³-hybridized carbons (Fsp3) is 0.625. The van der Waals surface area contributed by atoms with Gasteiger partial charge in [-0.2, -0.15) is 0 Å². The summed E-state index contributed by atoms with van der Waals surface area (Å²) in [5, 5.41) is 3.88. The smallest absolute Gasteiger partial charge is 0.0587 e. The van der Waals surface area contributed by atoms with Crippen molar-refractivity contribution in [3.8, 4) is 0 Å². The molecule has 0 aromatic heterocycles. The molecule has 0 spiro atoms. The van der Waals surface area contributed by atoms with Crippen LogP contribution in [0.5, 0.6) is 0 Å². The summed E-state index contributed by atoms with van der Waals surface area (Å²) in [4.78, 5) is 1.46. The van der Waals surface area contributed by atoms with E-state index in [0.717, 1.165) is 19.4 Å². The molecular weight excluding hydrogens is 254 g/mol. The normalized spacial score (nSPS) is 30.9. The zero-order chi connectivity index (χ0) is 13.1. The number of benzene rings is 1. The first-order chi connectivity index (χ1) is 9.36. The zero-order valence-corrected chi connectivity index (χ0v) is 12.4. The highest BCUT2D eigenvalue weighted by atomic mass is 32.2. The van der Waals surface area contributed by atoms with Gasteiger partial charge in [-0.3, -0.25) is 0 Å². The maximum absolute atomic E-state index is 5.77. The Morgan fingerprint density at radius 3 is 3.11 bits per heavy atom. The molecule has 3 unspecified atom stereocenters. The van der Waals surface area contributed by atoms with Gasteiger partial charge in [0.15, 0.2) is 0 Å². The summed E-state index contributed by atoms with van der Waals surface area (Å²) in [6.45, 7) is 3.14. The number of nitrogens with one attached hydrogen (secondary N) is 1. The largest absolute Gasteiger partial charge is 0.378 e. The third-order valence-electron chi connectivity index (χ3n) is 4.22. The first-order valence-corrected chi connectivity index (χ1v) is 8.44. The van der Waals surface area contributed by atoms with Gasteiger partial charge in [-0.05, 0) is 43.1 Å². The minimum Gasteiger partial charge on any atom is -0.378 e. The van der Waals surface area contributed by atoms with E-state index in [1.54, 1.807) is 0 Å². The minimum atomic E-state index is 0.458. The molecule has 19 heavy (non-hydrogen) atoms. The Hall–Kier alpha value is -0.510. The zero-order valence-electron chi connectivity index (χ0n) is 11.6. The summed E-state index contributed by atoms with van der Waals surface area (Å²) in [5.41, 5.74) is 1.50. The van der Waals surface area contributed by atoms with Crippen molar-refractivity contribution in [3.63, 3.8) is 0 Å². The molecule has 0 amide bonds. The molecule has 3 atom stereocenters. The third-order valence-corrected chi connectivity index (χ3v) is 5.34. The average molecular weight is 277 g/mol. The van der Waals surface area contributed by atoms with Gasteiger partial charge in [0, 0.05) is 23.6 Å². The van der Waals surface area contributed by atoms with Crippen LogP contribution in [0.2, 0.25) is 0 Å². The van der Waals surface area contributed by atoms with E-state index in [9.17, 15) is 0 Å². The number of fused-ring (bicyclic) bond motifs is 1. The summed E-state index contributed by atoms with van der Waals surface area (Å²) in [6.07, 6.45) is 5.16. The molecule has 1 saturated heterocycles. The van der Waals surface area contributed by atoms with Crippen molar-refractivity contribution in [2.45, 2.75) is 55.7 Å². The highest BCUT2D eigenvalue weighted by molar-refractivity contribution is 7.99. The van der Waals surface area contributed by atoms with Crippen LogP contribution in [-0.2, 0) is 4.74 Å². The van der Waals surface area contributed by atoms with E-state index in [1.807, 2.05) is 11.8 Å². The number of hydrogen-bond donors (Lipinski definition) is 1. The first-order valence-electron chi connectivity index (χ1n) is 7.46. The third kappa shape index (κ3) is 3.15. The molecular formula is C16H23NOS. The van der Waals surface area contributed by atoms with E-state index in [2.05, 4.69) is 36.5 Å². The van der Waals surface area contributed by atoms with E-state index in [-0.39, 0.29) is 0 Å². The summed E-state index contributed by atoms with van der Waals surface area (Å²) in [7, 11) is 0. The lowest BCUT2D eigenvalue weighted by atomic mass is 9.97. The quantitative estimate of drug-likeness (QED) is 0.908. The molecule has 1 N–H and O–H groups in total. The van der Waals surface area contributed by atoms with E-state index < -0.39 is 0 Å². The van der Waals surface area contributed by atoms with Crippen LogP contribution in [0.3, 0.4) is 0 Å². The molecule has 3 rings (SSSR count). The fourth-order valence-corrected chi connectivity index (χ4v) is 4.24. The van der Waals surface area contributed by atoms with Gasteiger partial charge < -0.3 is 10.1 Å². The highest BCUT2D eigenvalue weighted by Gasteiger charge is 2.26. The second-order valence-electron chi connectivity index (χ2n) is 5.52. The highest BCUT2D eigenvalue weighted by Crippen LogP contribution is 2.36. The lowest BCUT2D eigenvalue weighted by molar-refractivity contribution is -0.00215. The average Bonchev–Trinajstić information content (AvgIpc) is 2.48. The van der Waals surface area contributed by atoms with Gasteiger partial charge in [0.25, 0.3) is 0 Å². The lowest BCUT2D eigenvalue weighted by Gasteiger charge is -2.34. The van der Waals surface area contributed by atoms with Gasteiger partial charge >= 0.3 is 0 Å². The van der Waals surface area contributed by atoms with Crippen LogP contribution in [0.15, 0.2) is 29.2 Å². The second-order valence-corrected chi connectivity index (χ2v) is 6.65. The van der Waals surface area contributed by atoms with Crippen molar-refractivity contribution in [2.75, 3.05) is 12.4 Å². The lowest BCUT2D eigenvalue weighted by Crippen LogP contribution is -2.41. The molecule has 0 saturated carbocycles. The molecule has 2 aliphatic heterocycles. The molecule has 0 aliphatic carbocycles. The van der Waals surface area contributed by atoms with Crippen LogP contribution in [0.4, 0.5) is 0 Å². The molecule has 104 valence electrons. The summed E-state index contributed by atoms with van der Waals surface area (Å²) < 4.78 is 5.77. The van der Waals surface area contributed by atoms with E-state index in [1.165, 1.54) is 29.1 Å². The van der Waals surface area contributed by atoms with Crippen LogP contribution in [0, 0.1) is 0 Å². The molecule has 0 radical (unpaired) electrons. The summed E-state index contributed by atoms with van der Waals surface area (Å²) in [6, 6.07) is 10.0. The van der Waals surface area contributed by atoms with Gasteiger partial charge in [0.1, 0.15) is 0 Å². The molecule has 1 aromatic carbocycles. The van der Waals surface area contributed by atoms with E-state index in [0.29, 0.717) is 18.2 Å². The van der Waals surface area contributed by atoms with Crippen molar-refractivity contribution < 1.29 is 4.74 Å². The Balaban J connectivity index is 1.67. The molecule has 1 fully saturated rings. The topological polar surface area (TPSA) is 21.3 Å². The number of rotatable bonds is 3. The maximum atomic E-state index is 5.77. The van der Waals surface area contributed by atoms with Crippen molar-refractivity contribution >= 4 is 11.8 Å². The van der Waals surface area contributed by atoms with Crippen molar-refractivity contribution in [3.05, 3.63) is 29.8 Å². The Bertz CT molecular complexity index is 423. The molecule has 0 bridgehead atoms. The molecule has 3 heteroatoms. The first kappa shape index (κ1) is 13.5. The van der Waals surface area contributed by atoms with E-state index in [4.69, 9.17) is 4.74 Å². The Morgan fingerprint density at radius 2 is 2.21 bits per heavy atom. The summed E-state index contributed by atoms with van der Waals surface area (Å²) in [5.74, 6) is 1.23. The standard InChI is InChI=1S/C16H23NOS/c1-2-13-11-12(7-9-18-13)17-15-8-10-19-16-6-4-3-5-14(15)16/h3-6,12-13,15,17H,2,7-11H2,1H3. The van der Waals surface area contributed by atoms with Crippen LogP contribution in [0.25, 0.3) is 0 Å². The van der Waals surface area contributed by atoms with Crippen molar-refractivity contribution in [1.82, 2.24) is 5.32 Å². The van der Waals surface area contributed by atoms with E-state index >= 15 is 0 Å². The fourth-order valence-electron chi connectivity index (χ4n) is 3.12. The Kier molecular flexibility index (Phi) is 4.46. The van der Waals surface area contributed by atoms with Crippen molar-refractivity contribution in [1.29, 1.82) is 0 Å². The van der Waals surface area contributed by atoms with Gasteiger partial charge in [-0.1, -0.05) is 25.1 Å². The predicted molar refractivity (Wildman–Crippen MR) is 80.7 cm³/mol. The SMILES string of the molecule is CCC1CC(NC2CCSc3ccccc32)CCO1. The molecule has 1 aromatic rings. The van der Waals surface area contributed by atoms with Crippen molar-refractivity contribution in [2.24, 2.45) is 0 Å². The molecule has 2 aliphatic rings. The maximum Gasteiger partial charge on any atom is 0.0587 e. The molecule has 2 nitrogen and oxygen atoms in total. The van der Waals surface area contributed by atoms with Gasteiger partial charge in [-0.15, -0.1) is 11.8 Å². The predicted octanol–water partition coefficient (Wildman–Crippen LogP) is 3.77. The second kappa shape index (κ2) is 6.29. The summed E-state index contributed by atoms with van der Waals surface area (Å²) >= 11 is 1.99. The minimum absolute atomic E-state index is 0.458. The monoisotopic (exact) mass is 277 g/mol. The van der Waals surface area contributed by atoms with Crippen LogP contribution < -0.4 is 5.32 Å². The van der Waals surface area contributed by atoms with Gasteiger partial charge in [0.2, 0.25) is 0 Å². The number of ether oxygens (including phenoxy) is 1. The number of hydrogen-bond acceptors (Lipinski definition) is 3. The van der Waals surface area contributed by atoms with Crippen LogP contribution in [0.1, 0.15) is 44.2 Å². The van der Waals surface area contributed by atoms with Crippen LogP contribution >= 0.6 is 11.8 Å².